The van der Waals surface area contributed by atoms with Gasteiger partial charge in [0.1, 0.15) is 0 Å². The first-order valence-corrected chi connectivity index (χ1v) is 11.1. The Morgan fingerprint density at radius 1 is 0.583 bits per heavy atom. The SMILES string of the molecule is CCCCCCCCCCCCc1cc(CCl)c(CC)cc1CCl. The molecule has 0 aliphatic carbocycles. The normalized spacial score (nSPS) is 11.2. The topological polar surface area (TPSA) is 0 Å². The lowest BCUT2D eigenvalue weighted by Crippen LogP contribution is -1.99. The fraction of sp³-hybridized carbons (Fsp3) is 0.727. The van der Waals surface area contributed by atoms with E-state index in [4.69, 9.17) is 23.2 Å². The summed E-state index contributed by atoms with van der Waals surface area (Å²) in [6.07, 6.45) is 16.0. The Bertz CT molecular complexity index is 440. The average molecular weight is 371 g/mol. The summed E-state index contributed by atoms with van der Waals surface area (Å²) in [6.45, 7) is 4.47. The Kier molecular flexibility index (Phi) is 12.8. The number of hydrogen-bond acceptors (Lipinski definition) is 0. The van der Waals surface area contributed by atoms with Crippen LogP contribution in [0.15, 0.2) is 12.1 Å². The molecule has 1 aromatic rings. The van der Waals surface area contributed by atoms with E-state index in [9.17, 15) is 0 Å². The summed E-state index contributed by atoms with van der Waals surface area (Å²) in [7, 11) is 0. The van der Waals surface area contributed by atoms with Crippen LogP contribution in [0.3, 0.4) is 0 Å². The quantitative estimate of drug-likeness (QED) is 0.228. The molecule has 0 unspecified atom stereocenters. The van der Waals surface area contributed by atoms with Gasteiger partial charge in [-0.05, 0) is 41.5 Å². The van der Waals surface area contributed by atoms with E-state index in [1.165, 1.54) is 86.5 Å². The van der Waals surface area contributed by atoms with Crippen molar-refractivity contribution >= 4 is 23.2 Å². The molecule has 24 heavy (non-hydrogen) atoms. The summed E-state index contributed by atoms with van der Waals surface area (Å²) in [6, 6.07) is 4.58. The van der Waals surface area contributed by atoms with Gasteiger partial charge < -0.3 is 0 Å². The first-order chi connectivity index (χ1) is 11.8. The highest BCUT2D eigenvalue weighted by atomic mass is 35.5. The lowest BCUT2D eigenvalue weighted by atomic mass is 9.95. The van der Waals surface area contributed by atoms with E-state index in [2.05, 4.69) is 26.0 Å². The van der Waals surface area contributed by atoms with Crippen molar-refractivity contribution in [3.8, 4) is 0 Å². The Labute approximate surface area is 160 Å². The van der Waals surface area contributed by atoms with Crippen LogP contribution in [0.4, 0.5) is 0 Å². The van der Waals surface area contributed by atoms with E-state index in [0.29, 0.717) is 11.8 Å². The first-order valence-electron chi connectivity index (χ1n) is 10.0. The molecule has 0 N–H and O–H groups in total. The molecule has 0 fully saturated rings. The molecule has 0 saturated carbocycles. The molecule has 0 amide bonds. The van der Waals surface area contributed by atoms with E-state index in [1.54, 1.807) is 0 Å². The molecule has 0 bridgehead atoms. The van der Waals surface area contributed by atoms with Gasteiger partial charge in [-0.3, -0.25) is 0 Å². The summed E-state index contributed by atoms with van der Waals surface area (Å²) in [5.41, 5.74) is 5.36. The van der Waals surface area contributed by atoms with Crippen molar-refractivity contribution in [3.05, 3.63) is 34.4 Å². The summed E-state index contributed by atoms with van der Waals surface area (Å²) >= 11 is 12.3. The van der Waals surface area contributed by atoms with Crippen LogP contribution in [0.5, 0.6) is 0 Å². The number of unbranched alkanes of at least 4 members (excludes halogenated alkanes) is 9. The zero-order valence-electron chi connectivity index (χ0n) is 15.8. The van der Waals surface area contributed by atoms with Gasteiger partial charge in [0.05, 0.1) is 0 Å². The van der Waals surface area contributed by atoms with Crippen LogP contribution in [0.2, 0.25) is 0 Å². The summed E-state index contributed by atoms with van der Waals surface area (Å²) in [5, 5.41) is 0. The van der Waals surface area contributed by atoms with Crippen molar-refractivity contribution in [3.63, 3.8) is 0 Å². The smallest absolute Gasteiger partial charge is 0.0476 e. The third kappa shape index (κ3) is 8.26. The summed E-state index contributed by atoms with van der Waals surface area (Å²) in [5.74, 6) is 1.22. The van der Waals surface area contributed by atoms with E-state index in [0.717, 1.165) is 12.8 Å². The number of benzene rings is 1. The minimum absolute atomic E-state index is 0.608. The molecular weight excluding hydrogens is 335 g/mol. The second-order valence-corrected chi connectivity index (χ2v) is 7.48. The van der Waals surface area contributed by atoms with Crippen molar-refractivity contribution in [2.45, 2.75) is 103 Å². The Morgan fingerprint density at radius 2 is 1.04 bits per heavy atom. The third-order valence-electron chi connectivity index (χ3n) is 4.99. The molecule has 0 nitrogen and oxygen atoms in total. The van der Waals surface area contributed by atoms with Crippen molar-refractivity contribution < 1.29 is 0 Å². The predicted octanol–water partition coefficient (Wildman–Crippen LogP) is 8.19. The zero-order chi connectivity index (χ0) is 17.6. The molecule has 0 heterocycles. The van der Waals surface area contributed by atoms with Crippen LogP contribution in [-0.4, -0.2) is 0 Å². The van der Waals surface area contributed by atoms with Gasteiger partial charge in [-0.15, -0.1) is 23.2 Å². The summed E-state index contributed by atoms with van der Waals surface area (Å²) < 4.78 is 0. The summed E-state index contributed by atoms with van der Waals surface area (Å²) in [4.78, 5) is 0. The molecule has 0 spiro atoms. The molecule has 1 rings (SSSR count). The second kappa shape index (κ2) is 14.0. The van der Waals surface area contributed by atoms with Gasteiger partial charge in [0.2, 0.25) is 0 Å². The van der Waals surface area contributed by atoms with Gasteiger partial charge in [0.15, 0.2) is 0 Å². The first kappa shape index (κ1) is 21.8. The Hall–Kier alpha value is -0.200. The van der Waals surface area contributed by atoms with Gasteiger partial charge in [0.25, 0.3) is 0 Å². The fourth-order valence-electron chi connectivity index (χ4n) is 3.40. The second-order valence-electron chi connectivity index (χ2n) is 6.94. The molecule has 0 aliphatic rings. The maximum atomic E-state index is 6.16. The highest BCUT2D eigenvalue weighted by Crippen LogP contribution is 2.23. The van der Waals surface area contributed by atoms with Crippen molar-refractivity contribution in [1.82, 2.24) is 0 Å². The van der Waals surface area contributed by atoms with Crippen LogP contribution < -0.4 is 0 Å². The lowest BCUT2D eigenvalue weighted by molar-refractivity contribution is 0.556. The van der Waals surface area contributed by atoms with Gasteiger partial charge >= 0.3 is 0 Å². The van der Waals surface area contributed by atoms with Gasteiger partial charge in [0, 0.05) is 11.8 Å². The van der Waals surface area contributed by atoms with Crippen LogP contribution in [0.25, 0.3) is 0 Å². The van der Waals surface area contributed by atoms with Crippen molar-refractivity contribution in [2.24, 2.45) is 0 Å². The van der Waals surface area contributed by atoms with Gasteiger partial charge in [-0.1, -0.05) is 83.8 Å². The Balaban J connectivity index is 2.27. The Morgan fingerprint density at radius 3 is 1.54 bits per heavy atom. The van der Waals surface area contributed by atoms with Crippen LogP contribution in [0.1, 0.15) is 100 Å². The standard InChI is InChI=1S/C22H36Cl2/c1-3-5-6-7-8-9-10-11-12-13-14-20-16-21(17-23)19(4-2)15-22(20)18-24/h15-16H,3-14,17-18H2,1-2H3. The fourth-order valence-corrected chi connectivity index (χ4v) is 3.90. The van der Waals surface area contributed by atoms with E-state index >= 15 is 0 Å². The third-order valence-corrected chi connectivity index (χ3v) is 5.57. The van der Waals surface area contributed by atoms with Crippen LogP contribution >= 0.6 is 23.2 Å². The maximum Gasteiger partial charge on any atom is 0.0476 e. The molecular formula is C22H36Cl2. The number of alkyl halides is 2. The molecule has 1 aromatic carbocycles. The largest absolute Gasteiger partial charge is 0.122 e. The van der Waals surface area contributed by atoms with E-state index < -0.39 is 0 Å². The average Bonchev–Trinajstić information content (AvgIpc) is 2.62. The molecule has 0 saturated heterocycles. The number of halogens is 2. The molecule has 2 heteroatoms. The molecule has 0 aromatic heterocycles. The molecule has 0 atom stereocenters. The molecule has 138 valence electrons. The van der Waals surface area contributed by atoms with Crippen LogP contribution in [0, 0.1) is 0 Å². The number of aryl methyl sites for hydroxylation is 2. The predicted molar refractivity (Wildman–Crippen MR) is 110 cm³/mol. The minimum Gasteiger partial charge on any atom is -0.122 e. The maximum absolute atomic E-state index is 6.16. The van der Waals surface area contributed by atoms with Crippen molar-refractivity contribution in [1.29, 1.82) is 0 Å². The lowest BCUT2D eigenvalue weighted by Gasteiger charge is -2.13. The monoisotopic (exact) mass is 370 g/mol. The van der Waals surface area contributed by atoms with Gasteiger partial charge in [-0.25, -0.2) is 0 Å². The number of hydrogen-bond donors (Lipinski definition) is 0. The highest BCUT2D eigenvalue weighted by Gasteiger charge is 2.08. The molecule has 0 aliphatic heterocycles. The van der Waals surface area contributed by atoms with Gasteiger partial charge in [-0.2, -0.15) is 0 Å². The van der Waals surface area contributed by atoms with Crippen LogP contribution in [-0.2, 0) is 24.6 Å². The zero-order valence-corrected chi connectivity index (χ0v) is 17.3. The number of rotatable bonds is 14. The van der Waals surface area contributed by atoms with Crippen molar-refractivity contribution in [2.75, 3.05) is 0 Å². The minimum atomic E-state index is 0.608. The van der Waals surface area contributed by atoms with E-state index in [1.807, 2.05) is 0 Å². The highest BCUT2D eigenvalue weighted by molar-refractivity contribution is 6.17. The molecule has 0 radical (unpaired) electrons. The van der Waals surface area contributed by atoms with E-state index in [-0.39, 0.29) is 0 Å².